The minimum absolute atomic E-state index is 0.325. The van der Waals surface area contributed by atoms with Crippen molar-refractivity contribution in [2.24, 2.45) is 0 Å². The average molecular weight is 378 g/mol. The van der Waals surface area contributed by atoms with Crippen LogP contribution in [0.3, 0.4) is 0 Å². The van der Waals surface area contributed by atoms with E-state index >= 15 is 0 Å². The Hall–Kier alpha value is -3.35. The Bertz CT molecular complexity index is 1070. The molecule has 2 heterocycles. The SMILES string of the molecule is CCn1c(=O)c([N+](=O)[O-])c(N2CCN(c3ccccc3)CC2)c2ccccc21. The molecule has 1 aliphatic heterocycles. The van der Waals surface area contributed by atoms with Crippen LogP contribution in [0.15, 0.2) is 59.4 Å². The number of nitro groups is 1. The molecule has 7 heteroatoms. The third-order valence-corrected chi connectivity index (χ3v) is 5.34. The molecule has 4 rings (SSSR count). The highest BCUT2D eigenvalue weighted by Crippen LogP contribution is 2.34. The number of para-hydroxylation sites is 2. The van der Waals surface area contributed by atoms with E-state index in [1.807, 2.05) is 54.3 Å². The molecule has 1 fully saturated rings. The molecule has 0 unspecified atom stereocenters. The predicted octanol–water partition coefficient (Wildman–Crippen LogP) is 3.26. The molecule has 0 saturated carbocycles. The first kappa shape index (κ1) is 18.0. The summed E-state index contributed by atoms with van der Waals surface area (Å²) in [6.07, 6.45) is 0. The zero-order valence-corrected chi connectivity index (χ0v) is 15.7. The lowest BCUT2D eigenvalue weighted by Crippen LogP contribution is -2.47. The van der Waals surface area contributed by atoms with E-state index < -0.39 is 10.5 Å². The second-order valence-electron chi connectivity index (χ2n) is 6.83. The van der Waals surface area contributed by atoms with Crippen molar-refractivity contribution >= 4 is 28.0 Å². The molecule has 28 heavy (non-hydrogen) atoms. The van der Waals surface area contributed by atoms with Crippen molar-refractivity contribution in [1.29, 1.82) is 0 Å². The maximum Gasteiger partial charge on any atom is 0.357 e. The smallest absolute Gasteiger partial charge is 0.357 e. The number of rotatable bonds is 4. The zero-order chi connectivity index (χ0) is 19.7. The van der Waals surface area contributed by atoms with Crippen molar-refractivity contribution in [1.82, 2.24) is 4.57 Å². The van der Waals surface area contributed by atoms with E-state index in [9.17, 15) is 14.9 Å². The Kier molecular flexibility index (Phi) is 4.73. The van der Waals surface area contributed by atoms with Gasteiger partial charge in [-0.3, -0.25) is 14.9 Å². The molecule has 0 aliphatic carbocycles. The van der Waals surface area contributed by atoms with Gasteiger partial charge in [0.05, 0.1) is 10.4 Å². The molecular weight excluding hydrogens is 356 g/mol. The topological polar surface area (TPSA) is 71.6 Å². The van der Waals surface area contributed by atoms with Gasteiger partial charge in [0.25, 0.3) is 0 Å². The number of aryl methyl sites for hydroxylation is 1. The second-order valence-corrected chi connectivity index (χ2v) is 6.83. The first-order valence-corrected chi connectivity index (χ1v) is 9.46. The maximum absolute atomic E-state index is 12.9. The van der Waals surface area contributed by atoms with Gasteiger partial charge in [0.15, 0.2) is 0 Å². The van der Waals surface area contributed by atoms with Crippen LogP contribution in [0, 0.1) is 10.1 Å². The van der Waals surface area contributed by atoms with Crippen molar-refractivity contribution in [3.05, 3.63) is 75.1 Å². The normalized spacial score (nSPS) is 14.5. The van der Waals surface area contributed by atoms with Crippen molar-refractivity contribution < 1.29 is 4.92 Å². The monoisotopic (exact) mass is 378 g/mol. The van der Waals surface area contributed by atoms with Crippen LogP contribution in [0.25, 0.3) is 10.9 Å². The number of pyridine rings is 1. The van der Waals surface area contributed by atoms with Crippen LogP contribution in [-0.2, 0) is 6.54 Å². The molecule has 0 spiro atoms. The Morgan fingerprint density at radius 3 is 2.18 bits per heavy atom. The van der Waals surface area contributed by atoms with Gasteiger partial charge in [-0.05, 0) is 25.1 Å². The summed E-state index contributed by atoms with van der Waals surface area (Å²) in [5.74, 6) is 0. The fourth-order valence-electron chi connectivity index (χ4n) is 4.00. The molecule has 2 aromatic carbocycles. The summed E-state index contributed by atoms with van der Waals surface area (Å²) in [6, 6.07) is 17.6. The van der Waals surface area contributed by atoms with Crippen molar-refractivity contribution in [2.75, 3.05) is 36.0 Å². The number of benzene rings is 2. The fourth-order valence-corrected chi connectivity index (χ4v) is 4.00. The molecule has 0 amide bonds. The van der Waals surface area contributed by atoms with E-state index in [4.69, 9.17) is 0 Å². The van der Waals surface area contributed by atoms with E-state index in [0.29, 0.717) is 25.3 Å². The Labute approximate surface area is 162 Å². The molecule has 3 aromatic rings. The molecule has 0 bridgehead atoms. The largest absolute Gasteiger partial charge is 0.368 e. The number of nitrogens with zero attached hydrogens (tertiary/aromatic N) is 4. The fraction of sp³-hybridized carbons (Fsp3) is 0.286. The Morgan fingerprint density at radius 2 is 1.54 bits per heavy atom. The van der Waals surface area contributed by atoms with Crippen LogP contribution in [0.4, 0.5) is 17.1 Å². The first-order chi connectivity index (χ1) is 13.6. The molecular formula is C21H22N4O3. The third-order valence-electron chi connectivity index (χ3n) is 5.34. The summed E-state index contributed by atoms with van der Waals surface area (Å²) < 4.78 is 1.48. The molecule has 0 radical (unpaired) electrons. The lowest BCUT2D eigenvalue weighted by Gasteiger charge is -2.37. The number of hydrogen-bond donors (Lipinski definition) is 0. The standard InChI is InChI=1S/C21H22N4O3/c1-2-24-18-11-7-6-10-17(18)19(20(21(24)26)25(27)28)23-14-12-22(13-15-23)16-8-4-3-5-9-16/h3-11H,2,12-15H2,1H3. The van der Waals surface area contributed by atoms with Gasteiger partial charge in [-0.1, -0.05) is 36.4 Å². The summed E-state index contributed by atoms with van der Waals surface area (Å²) in [5, 5.41) is 12.6. The van der Waals surface area contributed by atoms with E-state index in [2.05, 4.69) is 17.0 Å². The van der Waals surface area contributed by atoms with Crippen LogP contribution < -0.4 is 15.4 Å². The summed E-state index contributed by atoms with van der Waals surface area (Å²) in [4.78, 5) is 28.4. The summed E-state index contributed by atoms with van der Waals surface area (Å²) in [7, 11) is 0. The number of piperazine rings is 1. The molecule has 144 valence electrons. The first-order valence-electron chi connectivity index (χ1n) is 9.46. The van der Waals surface area contributed by atoms with Crippen LogP contribution in [0.2, 0.25) is 0 Å². The molecule has 0 N–H and O–H groups in total. The highest BCUT2D eigenvalue weighted by atomic mass is 16.6. The summed E-state index contributed by atoms with van der Waals surface area (Å²) >= 11 is 0. The van der Waals surface area contributed by atoms with Gasteiger partial charge >= 0.3 is 11.2 Å². The van der Waals surface area contributed by atoms with Gasteiger partial charge in [-0.15, -0.1) is 0 Å². The zero-order valence-electron chi connectivity index (χ0n) is 15.7. The van der Waals surface area contributed by atoms with Gasteiger partial charge in [-0.2, -0.15) is 0 Å². The van der Waals surface area contributed by atoms with Gasteiger partial charge in [-0.25, -0.2) is 0 Å². The van der Waals surface area contributed by atoms with Crippen LogP contribution in [-0.4, -0.2) is 35.7 Å². The van der Waals surface area contributed by atoms with E-state index in [0.717, 1.165) is 29.7 Å². The molecule has 7 nitrogen and oxygen atoms in total. The minimum Gasteiger partial charge on any atom is -0.368 e. The minimum atomic E-state index is -0.535. The number of anilines is 2. The van der Waals surface area contributed by atoms with Crippen LogP contribution in [0.5, 0.6) is 0 Å². The lowest BCUT2D eigenvalue weighted by atomic mass is 10.1. The number of fused-ring (bicyclic) bond motifs is 1. The maximum atomic E-state index is 12.9. The summed E-state index contributed by atoms with van der Waals surface area (Å²) in [5.41, 5.74) is 1.47. The van der Waals surface area contributed by atoms with Crippen molar-refractivity contribution in [2.45, 2.75) is 13.5 Å². The quantitative estimate of drug-likeness (QED) is 0.515. The van der Waals surface area contributed by atoms with E-state index in [1.54, 1.807) is 0 Å². The van der Waals surface area contributed by atoms with Gasteiger partial charge in [0.1, 0.15) is 5.69 Å². The van der Waals surface area contributed by atoms with E-state index in [-0.39, 0.29) is 5.69 Å². The molecule has 1 aromatic heterocycles. The predicted molar refractivity (Wildman–Crippen MR) is 111 cm³/mol. The van der Waals surface area contributed by atoms with Crippen LogP contribution in [0.1, 0.15) is 6.92 Å². The Morgan fingerprint density at radius 1 is 0.929 bits per heavy atom. The van der Waals surface area contributed by atoms with Crippen molar-refractivity contribution in [3.8, 4) is 0 Å². The second kappa shape index (κ2) is 7.34. The molecule has 1 saturated heterocycles. The Balaban J connectivity index is 1.78. The molecule has 1 aliphatic rings. The van der Waals surface area contributed by atoms with Crippen LogP contribution >= 0.6 is 0 Å². The van der Waals surface area contributed by atoms with Gasteiger partial charge in [0.2, 0.25) is 0 Å². The average Bonchev–Trinajstić information content (AvgIpc) is 2.73. The van der Waals surface area contributed by atoms with Crippen molar-refractivity contribution in [3.63, 3.8) is 0 Å². The lowest BCUT2D eigenvalue weighted by molar-refractivity contribution is -0.385. The number of hydrogen-bond acceptors (Lipinski definition) is 5. The van der Waals surface area contributed by atoms with Gasteiger partial charge in [0, 0.05) is 43.8 Å². The highest BCUT2D eigenvalue weighted by Gasteiger charge is 2.30. The van der Waals surface area contributed by atoms with E-state index in [1.165, 1.54) is 4.57 Å². The third kappa shape index (κ3) is 2.98. The molecule has 0 atom stereocenters. The van der Waals surface area contributed by atoms with Gasteiger partial charge < -0.3 is 14.4 Å². The number of aromatic nitrogens is 1. The highest BCUT2D eigenvalue weighted by molar-refractivity contribution is 5.96. The summed E-state index contributed by atoms with van der Waals surface area (Å²) in [6.45, 7) is 4.95.